The van der Waals surface area contributed by atoms with Crippen LogP contribution in [0.4, 0.5) is 10.8 Å². The molecule has 0 bridgehead atoms. The lowest BCUT2D eigenvalue weighted by Crippen LogP contribution is -2.44. The molecule has 1 aromatic rings. The average molecular weight is 242 g/mol. The highest BCUT2D eigenvalue weighted by atomic mass is 32.1. The molecule has 0 radical (unpaired) electrons. The third-order valence-corrected chi connectivity index (χ3v) is 3.46. The van der Waals surface area contributed by atoms with Gasteiger partial charge in [-0.1, -0.05) is 6.92 Å². The molecule has 0 aliphatic carbocycles. The molecule has 0 aromatic carbocycles. The molecule has 90 valence electrons. The highest BCUT2D eigenvalue weighted by Crippen LogP contribution is 2.17. The number of nitrogen functional groups attached to an aromatic ring is 1. The second kappa shape index (κ2) is 5.47. The zero-order valence-corrected chi connectivity index (χ0v) is 10.3. The Morgan fingerprint density at radius 1 is 1.75 bits per heavy atom. The highest BCUT2D eigenvalue weighted by molar-refractivity contribution is 7.10. The molecule has 1 aromatic heterocycles. The van der Waals surface area contributed by atoms with Crippen molar-refractivity contribution >= 4 is 22.4 Å². The molecule has 1 fully saturated rings. The minimum absolute atomic E-state index is 0.261. The van der Waals surface area contributed by atoms with Gasteiger partial charge in [0.15, 0.2) is 0 Å². The Morgan fingerprint density at radius 2 is 2.62 bits per heavy atom. The lowest BCUT2D eigenvalue weighted by Gasteiger charge is -2.32. The van der Waals surface area contributed by atoms with Crippen molar-refractivity contribution in [3.63, 3.8) is 0 Å². The van der Waals surface area contributed by atoms with Gasteiger partial charge in [0, 0.05) is 25.7 Å². The van der Waals surface area contributed by atoms with Gasteiger partial charge in [-0.15, -0.1) is 0 Å². The van der Waals surface area contributed by atoms with Crippen molar-refractivity contribution in [2.45, 2.75) is 13.0 Å². The second-order valence-electron chi connectivity index (χ2n) is 3.88. The first kappa shape index (κ1) is 11.6. The lowest BCUT2D eigenvalue weighted by molar-refractivity contribution is -0.0191. The smallest absolute Gasteiger partial charge is 0.139 e. The fourth-order valence-electron chi connectivity index (χ4n) is 1.78. The second-order valence-corrected chi connectivity index (χ2v) is 4.69. The molecule has 1 atom stereocenters. The molecule has 1 aliphatic rings. The maximum absolute atomic E-state index is 5.69. The number of anilines is 2. The van der Waals surface area contributed by atoms with E-state index < -0.39 is 0 Å². The van der Waals surface area contributed by atoms with E-state index in [2.05, 4.69) is 21.5 Å². The van der Waals surface area contributed by atoms with Crippen molar-refractivity contribution in [3.05, 3.63) is 6.07 Å². The fourth-order valence-corrected chi connectivity index (χ4v) is 2.36. The van der Waals surface area contributed by atoms with Crippen molar-refractivity contribution in [1.82, 2.24) is 9.27 Å². The lowest BCUT2D eigenvalue weighted by atomic mass is 10.2. The number of hydrogen-bond donors (Lipinski definition) is 2. The van der Waals surface area contributed by atoms with Gasteiger partial charge in [-0.3, -0.25) is 4.90 Å². The van der Waals surface area contributed by atoms with Crippen LogP contribution in [0.2, 0.25) is 0 Å². The van der Waals surface area contributed by atoms with Crippen molar-refractivity contribution in [2.24, 2.45) is 0 Å². The van der Waals surface area contributed by atoms with E-state index in [4.69, 9.17) is 10.5 Å². The Morgan fingerprint density at radius 3 is 3.31 bits per heavy atom. The van der Waals surface area contributed by atoms with E-state index in [0.29, 0.717) is 5.82 Å². The third-order valence-electron chi connectivity index (χ3n) is 2.70. The quantitative estimate of drug-likeness (QED) is 0.820. The summed E-state index contributed by atoms with van der Waals surface area (Å²) in [6.07, 6.45) is 0.261. The molecular weight excluding hydrogens is 224 g/mol. The number of aromatic nitrogens is 1. The summed E-state index contributed by atoms with van der Waals surface area (Å²) in [6.45, 7) is 6.95. The number of hydrogen-bond acceptors (Lipinski definition) is 6. The summed E-state index contributed by atoms with van der Waals surface area (Å²) in [7, 11) is 0. The summed E-state index contributed by atoms with van der Waals surface area (Å²) in [4.78, 5) is 2.40. The minimum atomic E-state index is 0.261. The van der Waals surface area contributed by atoms with Crippen LogP contribution in [0.1, 0.15) is 6.92 Å². The van der Waals surface area contributed by atoms with Gasteiger partial charge in [-0.25, -0.2) is 0 Å². The van der Waals surface area contributed by atoms with Crippen LogP contribution < -0.4 is 11.1 Å². The van der Waals surface area contributed by atoms with E-state index in [1.54, 1.807) is 0 Å². The van der Waals surface area contributed by atoms with Crippen LogP contribution in [-0.4, -0.2) is 48.2 Å². The molecule has 16 heavy (non-hydrogen) atoms. The van der Waals surface area contributed by atoms with Crippen LogP contribution in [0.3, 0.4) is 0 Å². The van der Waals surface area contributed by atoms with Crippen LogP contribution in [0, 0.1) is 0 Å². The molecule has 6 heteroatoms. The van der Waals surface area contributed by atoms with Crippen LogP contribution in [0.15, 0.2) is 6.07 Å². The summed E-state index contributed by atoms with van der Waals surface area (Å²) < 4.78 is 9.70. The van der Waals surface area contributed by atoms with Gasteiger partial charge in [-0.2, -0.15) is 4.37 Å². The van der Waals surface area contributed by atoms with Crippen LogP contribution >= 0.6 is 11.5 Å². The first-order chi connectivity index (χ1) is 7.78. The number of morpholine rings is 1. The van der Waals surface area contributed by atoms with Crippen molar-refractivity contribution in [3.8, 4) is 0 Å². The van der Waals surface area contributed by atoms with Gasteiger partial charge < -0.3 is 15.8 Å². The molecular formula is C10H18N4OS. The van der Waals surface area contributed by atoms with Gasteiger partial charge in [0.1, 0.15) is 10.8 Å². The average Bonchev–Trinajstić information content (AvgIpc) is 2.73. The van der Waals surface area contributed by atoms with Crippen LogP contribution in [0.5, 0.6) is 0 Å². The van der Waals surface area contributed by atoms with Crippen LogP contribution in [-0.2, 0) is 4.74 Å². The largest absolute Gasteiger partial charge is 0.383 e. The van der Waals surface area contributed by atoms with Gasteiger partial charge in [0.2, 0.25) is 0 Å². The minimum Gasteiger partial charge on any atom is -0.383 e. The summed E-state index contributed by atoms with van der Waals surface area (Å²) in [6, 6.07) is 1.85. The molecule has 2 rings (SSSR count). The van der Waals surface area contributed by atoms with Gasteiger partial charge in [0.25, 0.3) is 0 Å². The summed E-state index contributed by atoms with van der Waals surface area (Å²) in [5.41, 5.74) is 5.55. The van der Waals surface area contributed by atoms with E-state index >= 15 is 0 Å². The maximum Gasteiger partial charge on any atom is 0.139 e. The highest BCUT2D eigenvalue weighted by Gasteiger charge is 2.18. The Balaban J connectivity index is 1.77. The van der Waals surface area contributed by atoms with Crippen molar-refractivity contribution in [2.75, 3.05) is 43.8 Å². The molecule has 0 amide bonds. The topological polar surface area (TPSA) is 63.4 Å². The Labute approximate surface area is 99.7 Å². The van der Waals surface area contributed by atoms with E-state index in [9.17, 15) is 0 Å². The van der Waals surface area contributed by atoms with Gasteiger partial charge in [-0.05, 0) is 18.1 Å². The molecule has 1 saturated heterocycles. The predicted molar refractivity (Wildman–Crippen MR) is 66.9 cm³/mol. The first-order valence-electron chi connectivity index (χ1n) is 5.58. The fraction of sp³-hybridized carbons (Fsp3) is 0.700. The van der Waals surface area contributed by atoms with E-state index in [-0.39, 0.29) is 6.10 Å². The molecule has 3 N–H and O–H groups in total. The number of nitrogens with zero attached hydrogens (tertiary/aromatic N) is 2. The summed E-state index contributed by atoms with van der Waals surface area (Å²) in [5.74, 6) is 0.576. The molecule has 1 unspecified atom stereocenters. The zero-order valence-electron chi connectivity index (χ0n) is 9.48. The molecule has 2 heterocycles. The molecule has 0 spiro atoms. The zero-order chi connectivity index (χ0) is 11.4. The number of nitrogens with one attached hydrogen (secondary N) is 1. The predicted octanol–water partition coefficient (Wildman–Crippen LogP) is 0.858. The monoisotopic (exact) mass is 242 g/mol. The van der Waals surface area contributed by atoms with Gasteiger partial charge in [0.05, 0.1) is 12.7 Å². The van der Waals surface area contributed by atoms with E-state index in [0.717, 1.165) is 37.8 Å². The maximum atomic E-state index is 5.69. The molecule has 1 aliphatic heterocycles. The number of likely N-dealkylation sites (N-methyl/N-ethyl adjacent to an activating group) is 1. The Hall–Kier alpha value is -0.850. The van der Waals surface area contributed by atoms with Crippen molar-refractivity contribution < 1.29 is 4.74 Å². The van der Waals surface area contributed by atoms with Crippen molar-refractivity contribution in [1.29, 1.82) is 0 Å². The molecule has 5 nitrogen and oxygen atoms in total. The van der Waals surface area contributed by atoms with Crippen LogP contribution in [0.25, 0.3) is 0 Å². The number of ether oxygens (including phenoxy) is 1. The van der Waals surface area contributed by atoms with E-state index in [1.165, 1.54) is 11.5 Å². The third kappa shape index (κ3) is 3.07. The summed E-state index contributed by atoms with van der Waals surface area (Å²) in [5, 5.41) is 4.31. The SMILES string of the molecule is CCN1CCOC(CNc2cc(N)ns2)C1. The Kier molecular flexibility index (Phi) is 3.98. The number of nitrogens with two attached hydrogens (primary N) is 1. The normalized spacial score (nSPS) is 22.2. The van der Waals surface area contributed by atoms with E-state index in [1.807, 2.05) is 6.07 Å². The summed E-state index contributed by atoms with van der Waals surface area (Å²) >= 11 is 1.39. The van der Waals surface area contributed by atoms with Gasteiger partial charge >= 0.3 is 0 Å². The standard InChI is InChI=1S/C10H18N4OS/c1-2-14-3-4-15-8(7-14)6-12-10-5-9(11)13-16-10/h5,8,12H,2-4,6-7H2,1H3,(H2,11,13). The Bertz CT molecular complexity index is 330. The molecule has 0 saturated carbocycles. The first-order valence-corrected chi connectivity index (χ1v) is 6.35. The number of rotatable bonds is 4.